The van der Waals surface area contributed by atoms with Crippen LogP contribution in [0.25, 0.3) is 0 Å². The number of ether oxygens (including phenoxy) is 1. The minimum atomic E-state index is -2.29. The van der Waals surface area contributed by atoms with Crippen molar-refractivity contribution in [2.24, 2.45) is 5.92 Å². The molecule has 54 heavy (non-hydrogen) atoms. The van der Waals surface area contributed by atoms with Crippen molar-refractivity contribution < 1.29 is 23.8 Å². The number of nitrogens with zero attached hydrogens (tertiary/aromatic N) is 1. The summed E-state index contributed by atoms with van der Waals surface area (Å²) in [5.74, 6) is 0.902. The normalized spacial score (nSPS) is 13.5. The van der Waals surface area contributed by atoms with Gasteiger partial charge >= 0.3 is 8.56 Å². The minimum absolute atomic E-state index is 0.144. The van der Waals surface area contributed by atoms with Crippen LogP contribution in [0.3, 0.4) is 0 Å². The fourth-order valence-electron chi connectivity index (χ4n) is 7.24. The van der Waals surface area contributed by atoms with Crippen molar-refractivity contribution in [3.8, 4) is 0 Å². The third-order valence-electron chi connectivity index (χ3n) is 11.1. The average Bonchev–Trinajstić information content (AvgIpc) is 3.15. The topological polar surface area (TPSA) is 71.4 Å². The predicted molar refractivity (Wildman–Crippen MR) is 238 cm³/mol. The average molecular weight is 784 g/mol. The van der Waals surface area contributed by atoms with Crippen molar-refractivity contribution in [1.82, 2.24) is 4.90 Å². The van der Waals surface area contributed by atoms with Crippen LogP contribution in [-0.2, 0) is 13.6 Å². The predicted octanol–water partition coefficient (Wildman–Crippen LogP) is 13.7. The van der Waals surface area contributed by atoms with Gasteiger partial charge in [-0.1, -0.05) is 174 Å². The zero-order chi connectivity index (χ0) is 39.6. The molecule has 0 aromatic heterocycles. The van der Waals surface area contributed by atoms with Crippen LogP contribution in [0.5, 0.6) is 0 Å². The van der Waals surface area contributed by atoms with Crippen LogP contribution in [-0.4, -0.2) is 76.0 Å². The first-order valence-corrected chi connectivity index (χ1v) is 26.7. The van der Waals surface area contributed by atoms with E-state index in [4.69, 9.17) is 13.6 Å². The molecule has 0 saturated carbocycles. The van der Waals surface area contributed by atoms with Crippen molar-refractivity contribution in [1.29, 1.82) is 0 Å². The third-order valence-corrected chi connectivity index (χ3v) is 12.8. The van der Waals surface area contributed by atoms with Gasteiger partial charge in [0.2, 0.25) is 0 Å². The molecule has 0 aliphatic carbocycles. The summed E-state index contributed by atoms with van der Waals surface area (Å²) >= 11 is 0. The highest BCUT2D eigenvalue weighted by Crippen LogP contribution is 2.20. The quantitative estimate of drug-likeness (QED) is 0.0277. The molecule has 0 saturated heterocycles. The SMILES string of the molecule is CCCCCCCC/C=C\CCCCCCCCOC(CCCCCCCCCCCCC(C)CC)O[Si](C)(C)OCCCCCCN(CCO)CCO. The third kappa shape index (κ3) is 39.9. The molecule has 0 aliphatic rings. The van der Waals surface area contributed by atoms with Crippen molar-refractivity contribution in [3.05, 3.63) is 12.2 Å². The molecule has 2 atom stereocenters. The number of rotatable bonds is 45. The van der Waals surface area contributed by atoms with Crippen LogP contribution in [0.4, 0.5) is 0 Å². The molecule has 6 nitrogen and oxygen atoms in total. The molecule has 0 rings (SSSR count). The smallest absolute Gasteiger partial charge is 0.333 e. The van der Waals surface area contributed by atoms with E-state index in [2.05, 4.69) is 50.9 Å². The van der Waals surface area contributed by atoms with Gasteiger partial charge in [0.15, 0.2) is 0 Å². The maximum Gasteiger partial charge on any atom is 0.333 e. The number of aliphatic hydroxyl groups is 2. The summed E-state index contributed by atoms with van der Waals surface area (Å²) in [5, 5.41) is 18.4. The molecule has 2 unspecified atom stereocenters. The van der Waals surface area contributed by atoms with E-state index in [0.717, 1.165) is 64.2 Å². The molecule has 324 valence electrons. The summed E-state index contributed by atoms with van der Waals surface area (Å²) < 4.78 is 19.4. The summed E-state index contributed by atoms with van der Waals surface area (Å²) in [5.41, 5.74) is 0. The molecule has 0 aromatic rings. The van der Waals surface area contributed by atoms with Crippen LogP contribution < -0.4 is 0 Å². The summed E-state index contributed by atoms with van der Waals surface area (Å²) in [6.45, 7) is 15.4. The van der Waals surface area contributed by atoms with E-state index in [1.807, 2.05) is 0 Å². The zero-order valence-electron chi connectivity index (χ0n) is 37.2. The van der Waals surface area contributed by atoms with Crippen LogP contribution in [0.2, 0.25) is 13.1 Å². The van der Waals surface area contributed by atoms with Gasteiger partial charge in [-0.3, -0.25) is 4.90 Å². The van der Waals surface area contributed by atoms with Crippen molar-refractivity contribution >= 4 is 8.56 Å². The number of hydrogen-bond donors (Lipinski definition) is 2. The molecule has 0 amide bonds. The second-order valence-electron chi connectivity index (χ2n) is 16.9. The molecule has 0 aromatic carbocycles. The van der Waals surface area contributed by atoms with Gasteiger partial charge < -0.3 is 23.8 Å². The van der Waals surface area contributed by atoms with Gasteiger partial charge in [-0.05, 0) is 83.3 Å². The molecule has 0 spiro atoms. The Balaban J connectivity index is 4.32. The van der Waals surface area contributed by atoms with Crippen LogP contribution >= 0.6 is 0 Å². The van der Waals surface area contributed by atoms with Crippen LogP contribution in [0.15, 0.2) is 12.2 Å². The van der Waals surface area contributed by atoms with Gasteiger partial charge in [0.25, 0.3) is 0 Å². The first-order valence-electron chi connectivity index (χ1n) is 23.9. The molecule has 0 radical (unpaired) electrons. The number of aliphatic hydroxyl groups excluding tert-OH is 2. The van der Waals surface area contributed by atoms with E-state index in [-0.39, 0.29) is 19.5 Å². The van der Waals surface area contributed by atoms with Gasteiger partial charge in [0.05, 0.1) is 13.2 Å². The maximum atomic E-state index is 9.22. The summed E-state index contributed by atoms with van der Waals surface area (Å²) in [7, 11) is -2.29. The Kier molecular flexibility index (Phi) is 42.1. The lowest BCUT2D eigenvalue weighted by atomic mass is 9.99. The Hall–Kier alpha value is -0.283. The standard InChI is InChI=1S/C47H97NO5Si/c1-6-8-9-10-11-12-13-14-15-16-17-20-23-26-30-35-44-51-47(38-33-28-25-22-19-18-21-24-27-32-37-46(3)7-2)53-54(4,5)52-45-36-31-29-34-39-48(40-42-49)41-43-50/h14-15,46-47,49-50H,6-13,16-45H2,1-5H3/b15-14-. The number of allylic oxidation sites excluding steroid dienone is 2. The van der Waals surface area contributed by atoms with Crippen molar-refractivity contribution in [2.45, 2.75) is 239 Å². The first-order chi connectivity index (χ1) is 26.4. The van der Waals surface area contributed by atoms with E-state index in [1.54, 1.807) is 0 Å². The van der Waals surface area contributed by atoms with E-state index in [0.29, 0.717) is 13.1 Å². The minimum Gasteiger partial charge on any atom is -0.395 e. The Morgan fingerprint density at radius 1 is 0.519 bits per heavy atom. The Morgan fingerprint density at radius 2 is 0.963 bits per heavy atom. The highest BCUT2D eigenvalue weighted by molar-refractivity contribution is 6.64. The van der Waals surface area contributed by atoms with Gasteiger partial charge in [-0.25, -0.2) is 0 Å². The molecular formula is C47H97NO5Si. The van der Waals surface area contributed by atoms with Crippen molar-refractivity contribution in [2.75, 3.05) is 46.1 Å². The van der Waals surface area contributed by atoms with E-state index < -0.39 is 8.56 Å². The molecule has 0 fully saturated rings. The first kappa shape index (κ1) is 53.7. The molecule has 7 heteroatoms. The fraction of sp³-hybridized carbons (Fsp3) is 0.957. The Labute approximate surface area is 339 Å². The zero-order valence-corrected chi connectivity index (χ0v) is 38.2. The van der Waals surface area contributed by atoms with Gasteiger partial charge in [-0.15, -0.1) is 0 Å². The lowest BCUT2D eigenvalue weighted by Crippen LogP contribution is -2.40. The molecule has 2 N–H and O–H groups in total. The lowest BCUT2D eigenvalue weighted by Gasteiger charge is -2.29. The Morgan fingerprint density at radius 3 is 1.48 bits per heavy atom. The van der Waals surface area contributed by atoms with Gasteiger partial charge in [-0.2, -0.15) is 0 Å². The molecule has 0 bridgehead atoms. The second kappa shape index (κ2) is 42.3. The van der Waals surface area contributed by atoms with E-state index in [9.17, 15) is 10.2 Å². The molecular weight excluding hydrogens is 687 g/mol. The summed E-state index contributed by atoms with van der Waals surface area (Å²) in [6, 6.07) is 0. The number of unbranched alkanes of at least 4 members (excludes halogenated alkanes) is 24. The van der Waals surface area contributed by atoms with E-state index in [1.165, 1.54) is 161 Å². The van der Waals surface area contributed by atoms with Crippen LogP contribution in [0.1, 0.15) is 220 Å². The second-order valence-corrected chi connectivity index (χ2v) is 20.3. The largest absolute Gasteiger partial charge is 0.395 e. The lowest BCUT2D eigenvalue weighted by molar-refractivity contribution is -0.104. The van der Waals surface area contributed by atoms with Crippen molar-refractivity contribution in [3.63, 3.8) is 0 Å². The monoisotopic (exact) mass is 784 g/mol. The van der Waals surface area contributed by atoms with Crippen LogP contribution in [0, 0.1) is 5.92 Å². The van der Waals surface area contributed by atoms with Gasteiger partial charge in [0, 0.05) is 26.3 Å². The highest BCUT2D eigenvalue weighted by atomic mass is 28.4. The maximum absolute atomic E-state index is 9.22. The van der Waals surface area contributed by atoms with Gasteiger partial charge in [0.1, 0.15) is 6.29 Å². The Bertz CT molecular complexity index is 748. The summed E-state index contributed by atoms with van der Waals surface area (Å²) in [4.78, 5) is 2.13. The fourth-order valence-corrected chi connectivity index (χ4v) is 8.76. The van der Waals surface area contributed by atoms with E-state index >= 15 is 0 Å². The highest BCUT2D eigenvalue weighted by Gasteiger charge is 2.29. The molecule has 0 aliphatic heterocycles. The summed E-state index contributed by atoms with van der Waals surface area (Å²) in [6.07, 6.45) is 44.9. The molecule has 0 heterocycles. The number of hydrogen-bond acceptors (Lipinski definition) is 6.